The summed E-state index contributed by atoms with van der Waals surface area (Å²) < 4.78 is 31.0. The van der Waals surface area contributed by atoms with Crippen LogP contribution in [0.15, 0.2) is 58.8 Å². The molecule has 2 atom stereocenters. The topological polar surface area (TPSA) is 143 Å². The number of anilines is 1. The van der Waals surface area contributed by atoms with Crippen molar-refractivity contribution in [2.45, 2.75) is 31.6 Å². The Labute approximate surface area is 243 Å². The number of nitrogens with zero attached hydrogens (tertiary/aromatic N) is 5. The quantitative estimate of drug-likeness (QED) is 0.162. The van der Waals surface area contributed by atoms with E-state index >= 15 is 4.39 Å². The van der Waals surface area contributed by atoms with E-state index in [1.165, 1.54) is 30.5 Å². The highest BCUT2D eigenvalue weighted by Crippen LogP contribution is 2.41. The van der Waals surface area contributed by atoms with Gasteiger partial charge in [-0.15, -0.1) is 4.91 Å². The summed E-state index contributed by atoms with van der Waals surface area (Å²) in [7, 11) is 0. The molecule has 6 rings (SSSR count). The summed E-state index contributed by atoms with van der Waals surface area (Å²) in [5, 5.41) is 23.0. The summed E-state index contributed by atoms with van der Waals surface area (Å²) in [6.07, 6.45) is 6.17. The molecule has 2 aliphatic heterocycles. The van der Waals surface area contributed by atoms with Crippen molar-refractivity contribution in [3.8, 4) is 5.88 Å². The van der Waals surface area contributed by atoms with Gasteiger partial charge in [-0.1, -0.05) is 0 Å². The number of hydrazine groups is 1. The summed E-state index contributed by atoms with van der Waals surface area (Å²) in [6, 6.07) is 3.73. The third-order valence-corrected chi connectivity index (χ3v) is 8.26. The zero-order valence-electron chi connectivity index (χ0n) is 22.2. The summed E-state index contributed by atoms with van der Waals surface area (Å²) in [5.74, 6) is -4.06. The predicted molar refractivity (Wildman–Crippen MR) is 152 cm³/mol. The molecule has 0 radical (unpaired) electrons. The lowest BCUT2D eigenvalue weighted by atomic mass is 9.82. The number of thiocarbonyl (C=S) groups is 1. The van der Waals surface area contributed by atoms with E-state index in [-0.39, 0.29) is 35.0 Å². The van der Waals surface area contributed by atoms with E-state index in [1.54, 1.807) is 10.6 Å². The number of allylic oxidation sites excluding steroid dienone is 1. The lowest BCUT2D eigenvalue weighted by molar-refractivity contribution is -0.136. The number of aromatic hydroxyl groups is 1. The van der Waals surface area contributed by atoms with Crippen LogP contribution in [-0.4, -0.2) is 84.6 Å². The first kappa shape index (κ1) is 27.8. The molecular formula is C27H27F2N7O5S. The van der Waals surface area contributed by atoms with E-state index in [4.69, 9.17) is 12.2 Å². The average Bonchev–Trinajstić information content (AvgIpc) is 3.78. The highest BCUT2D eigenvalue weighted by Gasteiger charge is 2.45. The van der Waals surface area contributed by atoms with E-state index in [0.717, 1.165) is 12.8 Å². The van der Waals surface area contributed by atoms with Crippen LogP contribution < -0.4 is 10.9 Å². The summed E-state index contributed by atoms with van der Waals surface area (Å²) >= 11 is 4.72. The molecular weight excluding hydrogens is 572 g/mol. The molecule has 0 amide bonds. The van der Waals surface area contributed by atoms with Crippen molar-refractivity contribution in [2.75, 3.05) is 31.6 Å². The number of halogens is 2. The van der Waals surface area contributed by atoms with E-state index in [1.807, 2.05) is 14.7 Å². The van der Waals surface area contributed by atoms with Crippen LogP contribution in [0.3, 0.4) is 0 Å². The molecule has 2 fully saturated rings. The van der Waals surface area contributed by atoms with Gasteiger partial charge in [-0.2, -0.15) is 0 Å². The second kappa shape index (κ2) is 10.8. The minimum absolute atomic E-state index is 0.126. The molecule has 15 heteroatoms. The molecule has 42 heavy (non-hydrogen) atoms. The summed E-state index contributed by atoms with van der Waals surface area (Å²) in [4.78, 5) is 41.0. The number of hydrogen-bond acceptors (Lipinski definition) is 9. The van der Waals surface area contributed by atoms with Crippen LogP contribution in [0.4, 0.5) is 14.5 Å². The number of nitrogens with one attached hydrogen (secondary N) is 2. The fraction of sp³-hybridized carbons (Fsp3) is 0.370. The average molecular weight is 600 g/mol. The highest BCUT2D eigenvalue weighted by molar-refractivity contribution is 7.80. The van der Waals surface area contributed by atoms with Gasteiger partial charge >= 0.3 is 5.97 Å². The van der Waals surface area contributed by atoms with Gasteiger partial charge in [0.05, 0.1) is 29.8 Å². The fourth-order valence-corrected chi connectivity index (χ4v) is 5.91. The molecule has 2 aliphatic carbocycles. The second-order valence-corrected chi connectivity index (χ2v) is 11.0. The van der Waals surface area contributed by atoms with Crippen molar-refractivity contribution >= 4 is 45.7 Å². The Hall–Kier alpha value is -4.37. The Balaban J connectivity index is 1.19. The van der Waals surface area contributed by atoms with Gasteiger partial charge in [-0.25, -0.2) is 13.6 Å². The van der Waals surface area contributed by atoms with E-state index in [0.29, 0.717) is 42.8 Å². The number of aliphatic carboxylic acids is 1. The maximum Gasteiger partial charge on any atom is 0.340 e. The molecule has 12 nitrogen and oxygen atoms in total. The number of rotatable bonds is 7. The molecule has 1 saturated heterocycles. The van der Waals surface area contributed by atoms with Gasteiger partial charge in [0, 0.05) is 49.0 Å². The predicted octanol–water partition coefficient (Wildman–Crippen LogP) is 2.78. The second-order valence-electron chi connectivity index (χ2n) is 10.7. The molecule has 0 bridgehead atoms. The molecule has 1 aromatic carbocycles. The van der Waals surface area contributed by atoms with Gasteiger partial charge in [0.2, 0.25) is 5.88 Å². The monoisotopic (exact) mass is 599 g/mol. The van der Waals surface area contributed by atoms with Crippen LogP contribution in [0.5, 0.6) is 5.88 Å². The molecule has 2 aromatic rings. The Bertz CT molecular complexity index is 1590. The number of ketones is 1. The fourth-order valence-electron chi connectivity index (χ4n) is 5.85. The zero-order valence-corrected chi connectivity index (χ0v) is 23.0. The van der Waals surface area contributed by atoms with Crippen molar-refractivity contribution in [3.63, 3.8) is 0 Å². The van der Waals surface area contributed by atoms with Crippen LogP contribution in [0.25, 0.3) is 10.9 Å². The van der Waals surface area contributed by atoms with Gasteiger partial charge in [0.15, 0.2) is 5.78 Å². The number of carboxylic acid groups (broad SMARTS) is 1. The molecule has 220 valence electrons. The zero-order chi connectivity index (χ0) is 29.7. The normalized spacial score (nSPS) is 22.7. The first-order valence-electron chi connectivity index (χ1n) is 13.4. The van der Waals surface area contributed by atoms with Crippen molar-refractivity contribution in [1.82, 2.24) is 24.7 Å². The molecule has 4 aliphatic rings. The largest absolute Gasteiger partial charge is 0.493 e. The number of carboxylic acids is 1. The molecule has 0 spiro atoms. The highest BCUT2D eigenvalue weighted by atomic mass is 32.1. The number of carbonyl (C=O) groups excluding carboxylic acids is 1. The van der Waals surface area contributed by atoms with Gasteiger partial charge < -0.3 is 20.0 Å². The van der Waals surface area contributed by atoms with Gasteiger partial charge in [-0.05, 0) is 55.4 Å². The molecule has 3 heterocycles. The minimum Gasteiger partial charge on any atom is -0.493 e. The Morgan fingerprint density at radius 3 is 2.55 bits per heavy atom. The number of hydrogen-bond donors (Lipinski definition) is 4. The standard InChI is InChI=1S/C27H27F2N7O5S/c28-14-1-4-20-16(9-14)23(30-31-27(42)32-41)25(38)36(20)13-33-5-7-34(8-6-33)22-11-21-17(10-19(22)29)24(37)18(26(39)40)12-35(21)15-2-3-15/h1,4,9-12,15,17,21,30,38H,2-3,5-8,13H2,(H,31,42)(H,39,40). The number of piperazine rings is 1. The van der Waals surface area contributed by atoms with Crippen LogP contribution in [0, 0.1) is 16.6 Å². The number of nitroso groups, excluding NO2 is 1. The number of fused-ring (bicyclic) bond motifs is 2. The number of benzene rings is 1. The lowest BCUT2D eigenvalue weighted by Gasteiger charge is -2.42. The first-order chi connectivity index (χ1) is 20.2. The summed E-state index contributed by atoms with van der Waals surface area (Å²) in [5.41, 5.74) is 5.74. The Kier molecular flexibility index (Phi) is 7.14. The van der Waals surface area contributed by atoms with Crippen LogP contribution in [0.1, 0.15) is 12.8 Å². The van der Waals surface area contributed by atoms with Crippen LogP contribution in [-0.2, 0) is 16.3 Å². The molecule has 1 aromatic heterocycles. The lowest BCUT2D eigenvalue weighted by Crippen LogP contribution is -2.50. The molecule has 4 N–H and O–H groups in total. The minimum atomic E-state index is -1.31. The first-order valence-corrected chi connectivity index (χ1v) is 13.8. The summed E-state index contributed by atoms with van der Waals surface area (Å²) in [6.45, 7) is 2.17. The Morgan fingerprint density at radius 1 is 1.14 bits per heavy atom. The van der Waals surface area contributed by atoms with Gasteiger partial charge in [0.1, 0.15) is 22.9 Å². The van der Waals surface area contributed by atoms with Crippen molar-refractivity contribution in [2.24, 2.45) is 11.1 Å². The maximum absolute atomic E-state index is 15.4. The third-order valence-electron chi connectivity index (χ3n) is 8.09. The third kappa shape index (κ3) is 4.98. The van der Waals surface area contributed by atoms with E-state index in [9.17, 15) is 29.1 Å². The van der Waals surface area contributed by atoms with Crippen LogP contribution in [0.2, 0.25) is 0 Å². The van der Waals surface area contributed by atoms with Gasteiger partial charge in [0.25, 0.3) is 5.11 Å². The smallest absolute Gasteiger partial charge is 0.340 e. The number of carbonyl (C=O) groups is 2. The SMILES string of the molecule is O=NC(=S)NNc1c(O)n(CN2CCN(C3=CC4C(C=C3F)C(=O)C(C(=O)O)=CN4C3CC3)CC2)c2ccc(F)cc12. The Morgan fingerprint density at radius 2 is 1.88 bits per heavy atom. The van der Waals surface area contributed by atoms with Crippen molar-refractivity contribution < 1.29 is 28.6 Å². The number of Topliss-reactive ketones (excluding diaryl/α,β-unsaturated/α-hetero) is 1. The van der Waals surface area contributed by atoms with Crippen LogP contribution >= 0.6 is 12.2 Å². The number of aromatic nitrogens is 1. The molecule has 1 saturated carbocycles. The molecule has 2 unspecified atom stereocenters. The van der Waals surface area contributed by atoms with E-state index in [2.05, 4.69) is 16.0 Å². The van der Waals surface area contributed by atoms with Gasteiger partial charge in [-0.3, -0.25) is 25.1 Å². The maximum atomic E-state index is 15.4. The van der Waals surface area contributed by atoms with E-state index < -0.39 is 35.4 Å². The van der Waals surface area contributed by atoms with Crippen molar-refractivity contribution in [3.05, 3.63) is 64.4 Å². The van der Waals surface area contributed by atoms with Crippen molar-refractivity contribution in [1.29, 1.82) is 0 Å².